The van der Waals surface area contributed by atoms with E-state index in [-0.39, 0.29) is 36.6 Å². The predicted molar refractivity (Wildman–Crippen MR) is 135 cm³/mol. The largest absolute Gasteiger partial charge is 0.370 e. The molecule has 200 valence electrons. The molecule has 0 aliphatic rings. The second-order valence-electron chi connectivity index (χ2n) is 8.40. The number of carbonyl (C=O) groups excluding carboxylic acids is 5. The number of nitrogens with two attached hydrogens (primary N) is 1. The Morgan fingerprint density at radius 2 is 1.33 bits per heavy atom. The van der Waals surface area contributed by atoms with Crippen molar-refractivity contribution in [2.75, 3.05) is 39.8 Å². The summed E-state index contributed by atoms with van der Waals surface area (Å²) in [5.74, 6) is -1.13. The molecule has 36 heavy (non-hydrogen) atoms. The minimum atomic E-state index is -0.497. The number of benzene rings is 1. The first-order valence-electron chi connectivity index (χ1n) is 11.9. The lowest BCUT2D eigenvalue weighted by Gasteiger charge is -2.22. The van der Waals surface area contributed by atoms with E-state index in [0.29, 0.717) is 45.7 Å². The van der Waals surface area contributed by atoms with Gasteiger partial charge in [-0.1, -0.05) is 24.3 Å². The van der Waals surface area contributed by atoms with Crippen LogP contribution in [0, 0.1) is 0 Å². The van der Waals surface area contributed by atoms with Crippen LogP contribution < -0.4 is 32.3 Å². The summed E-state index contributed by atoms with van der Waals surface area (Å²) in [5, 5.41) is 14.0. The van der Waals surface area contributed by atoms with Crippen molar-refractivity contribution < 1.29 is 24.0 Å². The molecule has 1 atom stereocenters. The number of primary amides is 1. The molecule has 0 radical (unpaired) electrons. The summed E-state index contributed by atoms with van der Waals surface area (Å²) in [7, 11) is 1.65. The molecule has 0 aromatic heterocycles. The van der Waals surface area contributed by atoms with Crippen molar-refractivity contribution in [2.45, 2.75) is 45.8 Å². The van der Waals surface area contributed by atoms with E-state index in [2.05, 4.69) is 26.6 Å². The van der Waals surface area contributed by atoms with Crippen LogP contribution in [0.25, 0.3) is 0 Å². The Morgan fingerprint density at radius 3 is 1.78 bits per heavy atom. The summed E-state index contributed by atoms with van der Waals surface area (Å²) in [5.41, 5.74) is 6.94. The molecule has 1 aromatic rings. The van der Waals surface area contributed by atoms with Gasteiger partial charge in [-0.2, -0.15) is 0 Å². The van der Waals surface area contributed by atoms with Gasteiger partial charge in [0.05, 0.1) is 12.6 Å². The summed E-state index contributed by atoms with van der Waals surface area (Å²) in [6, 6.07) is 6.98. The van der Waals surface area contributed by atoms with Gasteiger partial charge in [-0.3, -0.25) is 28.9 Å². The van der Waals surface area contributed by atoms with Gasteiger partial charge in [0.25, 0.3) is 0 Å². The molecule has 12 heteroatoms. The Bertz CT molecular complexity index is 856. The maximum Gasteiger partial charge on any atom is 0.237 e. The van der Waals surface area contributed by atoms with Gasteiger partial charge in [-0.25, -0.2) is 0 Å². The Labute approximate surface area is 212 Å². The normalized spacial score (nSPS) is 11.4. The van der Waals surface area contributed by atoms with E-state index in [1.54, 1.807) is 7.05 Å². The minimum Gasteiger partial charge on any atom is -0.370 e. The van der Waals surface area contributed by atoms with Crippen LogP contribution in [-0.4, -0.2) is 80.2 Å². The van der Waals surface area contributed by atoms with E-state index in [0.717, 1.165) is 11.1 Å². The quantitative estimate of drug-likeness (QED) is 0.147. The van der Waals surface area contributed by atoms with Crippen molar-refractivity contribution in [2.24, 2.45) is 5.73 Å². The van der Waals surface area contributed by atoms with E-state index in [9.17, 15) is 24.0 Å². The van der Waals surface area contributed by atoms with Gasteiger partial charge >= 0.3 is 0 Å². The maximum atomic E-state index is 12.4. The Hall–Kier alpha value is -3.51. The lowest BCUT2D eigenvalue weighted by molar-refractivity contribution is -0.124. The molecule has 1 aromatic carbocycles. The maximum absolute atomic E-state index is 12.4. The molecule has 1 rings (SSSR count). The van der Waals surface area contributed by atoms with Gasteiger partial charge in [0, 0.05) is 59.5 Å². The predicted octanol–water partition coefficient (Wildman–Crippen LogP) is -1.65. The fraction of sp³-hybridized carbons (Fsp3) is 0.542. The molecule has 0 aliphatic heterocycles. The highest BCUT2D eigenvalue weighted by Gasteiger charge is 2.16. The second-order valence-corrected chi connectivity index (χ2v) is 8.40. The van der Waals surface area contributed by atoms with E-state index >= 15 is 0 Å². The number of hydrogen-bond acceptors (Lipinski definition) is 7. The smallest absolute Gasteiger partial charge is 0.237 e. The monoisotopic (exact) mass is 505 g/mol. The van der Waals surface area contributed by atoms with Crippen molar-refractivity contribution in [3.63, 3.8) is 0 Å². The zero-order chi connectivity index (χ0) is 26.9. The molecule has 0 bridgehead atoms. The zero-order valence-corrected chi connectivity index (χ0v) is 21.3. The van der Waals surface area contributed by atoms with Crippen molar-refractivity contribution in [1.29, 1.82) is 0 Å². The molecular weight excluding hydrogens is 466 g/mol. The Balaban J connectivity index is 2.49. The van der Waals surface area contributed by atoms with Crippen molar-refractivity contribution in [1.82, 2.24) is 31.5 Å². The average Bonchev–Trinajstić information content (AvgIpc) is 2.81. The molecular formula is C24H39N7O5. The minimum absolute atomic E-state index is 0.127. The van der Waals surface area contributed by atoms with Crippen molar-refractivity contribution in [3.05, 3.63) is 35.4 Å². The van der Waals surface area contributed by atoms with Gasteiger partial charge in [0.2, 0.25) is 29.5 Å². The SMILES string of the molecule is CN[C@@H](CCC(N)=O)C(=O)NCc1ccc(CNC(=O)CN(CCNC(C)=O)CCNC(C)=O)cc1. The van der Waals surface area contributed by atoms with Crippen LogP contribution in [-0.2, 0) is 37.1 Å². The number of carbonyl (C=O) groups is 5. The summed E-state index contributed by atoms with van der Waals surface area (Å²) >= 11 is 0. The highest BCUT2D eigenvalue weighted by molar-refractivity contribution is 5.83. The first-order valence-corrected chi connectivity index (χ1v) is 11.9. The van der Waals surface area contributed by atoms with Crippen LogP contribution in [0.3, 0.4) is 0 Å². The van der Waals surface area contributed by atoms with E-state index in [1.165, 1.54) is 13.8 Å². The van der Waals surface area contributed by atoms with Gasteiger partial charge in [-0.15, -0.1) is 0 Å². The zero-order valence-electron chi connectivity index (χ0n) is 21.3. The first kappa shape index (κ1) is 30.5. The number of hydrogen-bond donors (Lipinski definition) is 6. The number of nitrogens with one attached hydrogen (secondary N) is 5. The van der Waals surface area contributed by atoms with Crippen molar-refractivity contribution >= 4 is 29.5 Å². The molecule has 0 spiro atoms. The molecule has 0 fully saturated rings. The Morgan fingerprint density at radius 1 is 0.833 bits per heavy atom. The standard InChI is InChI=1S/C24H39N7O5/c1-17(32)27-10-12-31(13-11-28-18(2)33)16-23(35)29-14-19-4-6-20(7-5-19)15-30-24(36)21(26-3)8-9-22(25)34/h4-7,21,26H,8-16H2,1-3H3,(H2,25,34)(H,27,32)(H,28,33)(H,29,35)(H,30,36)/t21-/m0/s1. The van der Waals surface area contributed by atoms with Crippen LogP contribution in [0.15, 0.2) is 24.3 Å². The van der Waals surface area contributed by atoms with Crippen LogP contribution in [0.4, 0.5) is 0 Å². The van der Waals surface area contributed by atoms with Gasteiger partial charge in [0.1, 0.15) is 0 Å². The summed E-state index contributed by atoms with van der Waals surface area (Å²) in [6.07, 6.45) is 0.454. The number of amides is 5. The van der Waals surface area contributed by atoms with Gasteiger partial charge < -0.3 is 32.3 Å². The third-order valence-electron chi connectivity index (χ3n) is 5.29. The molecule has 0 aliphatic carbocycles. The summed E-state index contributed by atoms with van der Waals surface area (Å²) in [6.45, 7) is 5.42. The molecule has 7 N–H and O–H groups in total. The van der Waals surface area contributed by atoms with Gasteiger partial charge in [-0.05, 0) is 24.6 Å². The summed E-state index contributed by atoms with van der Waals surface area (Å²) in [4.78, 5) is 59.7. The molecule has 0 saturated heterocycles. The van der Waals surface area contributed by atoms with Crippen LogP contribution in [0.1, 0.15) is 37.8 Å². The van der Waals surface area contributed by atoms with Crippen LogP contribution >= 0.6 is 0 Å². The topological polar surface area (TPSA) is 175 Å². The molecule has 0 heterocycles. The number of nitrogens with zero attached hydrogens (tertiary/aromatic N) is 1. The third kappa shape index (κ3) is 14.0. The molecule has 12 nitrogen and oxygen atoms in total. The van der Waals surface area contributed by atoms with E-state index in [4.69, 9.17) is 5.73 Å². The van der Waals surface area contributed by atoms with Gasteiger partial charge in [0.15, 0.2) is 0 Å². The lowest BCUT2D eigenvalue weighted by Crippen LogP contribution is -2.43. The van der Waals surface area contributed by atoms with Crippen LogP contribution in [0.5, 0.6) is 0 Å². The molecule has 0 unspecified atom stereocenters. The fourth-order valence-corrected chi connectivity index (χ4v) is 3.29. The fourth-order valence-electron chi connectivity index (χ4n) is 3.29. The summed E-state index contributed by atoms with van der Waals surface area (Å²) < 4.78 is 0. The highest BCUT2D eigenvalue weighted by atomic mass is 16.2. The van der Waals surface area contributed by atoms with Crippen LogP contribution in [0.2, 0.25) is 0 Å². The third-order valence-corrected chi connectivity index (χ3v) is 5.29. The average molecular weight is 506 g/mol. The van der Waals surface area contributed by atoms with E-state index in [1.807, 2.05) is 29.2 Å². The number of likely N-dealkylation sites (N-methyl/N-ethyl adjacent to an activating group) is 1. The first-order chi connectivity index (χ1) is 17.1. The highest BCUT2D eigenvalue weighted by Crippen LogP contribution is 2.05. The van der Waals surface area contributed by atoms with E-state index < -0.39 is 11.9 Å². The molecule has 5 amide bonds. The lowest BCUT2D eigenvalue weighted by atomic mass is 10.1. The van der Waals surface area contributed by atoms with Crippen molar-refractivity contribution in [3.8, 4) is 0 Å². The molecule has 0 saturated carbocycles. The second kappa shape index (κ2) is 17.0. The Kier molecular flexibility index (Phi) is 14.4. The number of rotatable bonds is 17.